The molecule has 0 spiro atoms. The summed E-state index contributed by atoms with van der Waals surface area (Å²) in [4.78, 5) is 32.9. The van der Waals surface area contributed by atoms with Crippen molar-refractivity contribution in [3.8, 4) is 11.3 Å². The lowest BCUT2D eigenvalue weighted by atomic mass is 10.0. The van der Waals surface area contributed by atoms with E-state index in [0.717, 1.165) is 36.3 Å². The predicted molar refractivity (Wildman–Crippen MR) is 133 cm³/mol. The van der Waals surface area contributed by atoms with E-state index in [4.69, 9.17) is 5.10 Å². The Labute approximate surface area is 198 Å². The van der Waals surface area contributed by atoms with Gasteiger partial charge in [-0.2, -0.15) is 0 Å². The minimum atomic E-state index is -0.555. The van der Waals surface area contributed by atoms with Crippen LogP contribution in [0.4, 0.5) is 11.4 Å². The molecule has 1 atom stereocenters. The number of para-hydroxylation sites is 1. The van der Waals surface area contributed by atoms with Crippen molar-refractivity contribution in [1.82, 2.24) is 10.1 Å². The molecule has 8 heteroatoms. The second-order valence-electron chi connectivity index (χ2n) is 8.37. The van der Waals surface area contributed by atoms with Crippen LogP contribution in [0, 0.1) is 0 Å². The van der Waals surface area contributed by atoms with E-state index in [-0.39, 0.29) is 11.5 Å². The summed E-state index contributed by atoms with van der Waals surface area (Å²) in [5.41, 5.74) is 3.61. The summed E-state index contributed by atoms with van der Waals surface area (Å²) in [7, 11) is 3.97. The van der Waals surface area contributed by atoms with Gasteiger partial charge >= 0.3 is 11.3 Å². The molecule has 1 amide bonds. The molecular formula is C25H30N5O2S+. The van der Waals surface area contributed by atoms with Gasteiger partial charge in [-0.05, 0) is 47.5 Å². The van der Waals surface area contributed by atoms with Gasteiger partial charge in [-0.25, -0.2) is 4.90 Å². The van der Waals surface area contributed by atoms with Gasteiger partial charge in [0.15, 0.2) is 0 Å². The fraction of sp³-hybridized carbons (Fsp3) is 0.360. The van der Waals surface area contributed by atoms with Crippen LogP contribution in [-0.2, 0) is 4.79 Å². The van der Waals surface area contributed by atoms with Gasteiger partial charge in [0.05, 0.1) is 11.3 Å². The van der Waals surface area contributed by atoms with Crippen molar-refractivity contribution in [1.29, 1.82) is 0 Å². The van der Waals surface area contributed by atoms with Crippen molar-refractivity contribution in [2.24, 2.45) is 0 Å². The quantitative estimate of drug-likeness (QED) is 0.325. The number of aromatic nitrogens is 3. The Morgan fingerprint density at radius 2 is 1.88 bits per heavy atom. The molecule has 1 unspecified atom stereocenters. The molecule has 33 heavy (non-hydrogen) atoms. The Hall–Kier alpha value is -3.13. The SMILES string of the molecule is CCCCCSc1n[n+]2c(c(=O)[nH]1)-c1ccccc1N(C(C)=O)C2c1ccc(N(C)C)cc1. The number of unbranched alkanes of at least 4 members (excludes halogenated alkanes) is 2. The third-order valence-electron chi connectivity index (χ3n) is 5.79. The van der Waals surface area contributed by atoms with Crippen molar-refractivity contribution < 1.29 is 9.48 Å². The van der Waals surface area contributed by atoms with Crippen molar-refractivity contribution in [2.45, 2.75) is 44.4 Å². The van der Waals surface area contributed by atoms with Crippen LogP contribution in [0.5, 0.6) is 0 Å². The molecule has 4 rings (SSSR count). The molecule has 3 aromatic rings. The number of rotatable bonds is 7. The number of carbonyl (C=O) groups excluding carboxylic acids is 1. The lowest BCUT2D eigenvalue weighted by Gasteiger charge is -2.31. The summed E-state index contributed by atoms with van der Waals surface area (Å²) in [6.45, 7) is 3.72. The van der Waals surface area contributed by atoms with E-state index in [2.05, 4.69) is 11.9 Å². The first-order valence-electron chi connectivity index (χ1n) is 11.3. The maximum absolute atomic E-state index is 13.3. The summed E-state index contributed by atoms with van der Waals surface area (Å²) >= 11 is 1.54. The van der Waals surface area contributed by atoms with Gasteiger partial charge in [0.2, 0.25) is 11.1 Å². The fourth-order valence-electron chi connectivity index (χ4n) is 4.14. The number of thioether (sulfide) groups is 1. The zero-order valence-electron chi connectivity index (χ0n) is 19.5. The van der Waals surface area contributed by atoms with Crippen LogP contribution in [-0.4, -0.2) is 35.8 Å². The minimum absolute atomic E-state index is 0.110. The molecule has 2 aromatic carbocycles. The lowest BCUT2D eigenvalue weighted by molar-refractivity contribution is -0.763. The first-order chi connectivity index (χ1) is 15.9. The highest BCUT2D eigenvalue weighted by molar-refractivity contribution is 7.99. The van der Waals surface area contributed by atoms with E-state index in [1.165, 1.54) is 0 Å². The molecule has 1 N–H and O–H groups in total. The highest BCUT2D eigenvalue weighted by Crippen LogP contribution is 2.37. The third kappa shape index (κ3) is 4.53. The standard InChI is InChI=1S/C25H29N5O2S/c1-5-6-9-16-33-25-26-23(32)22-20-10-7-8-11-21(20)29(17(2)31)24(30(22)27-25)18-12-14-19(15-13-18)28(3)4/h7-8,10-15,24H,5-6,9,16H2,1-4H3/p+1. The van der Waals surface area contributed by atoms with E-state index in [0.29, 0.717) is 22.1 Å². The number of fused-ring (bicyclic) bond motifs is 3. The van der Waals surface area contributed by atoms with Gasteiger partial charge in [0.25, 0.3) is 6.17 Å². The second kappa shape index (κ2) is 9.79. The molecule has 0 radical (unpaired) electrons. The number of nitrogens with zero attached hydrogens (tertiary/aromatic N) is 4. The van der Waals surface area contributed by atoms with Gasteiger partial charge in [-0.15, -0.1) is 0 Å². The molecule has 0 bridgehead atoms. The molecule has 0 fully saturated rings. The molecule has 0 saturated carbocycles. The van der Waals surface area contributed by atoms with Gasteiger partial charge in [0.1, 0.15) is 0 Å². The molecule has 1 aromatic heterocycles. The number of anilines is 2. The van der Waals surface area contributed by atoms with Crippen molar-refractivity contribution >= 4 is 29.0 Å². The molecule has 1 aliphatic heterocycles. The zero-order chi connectivity index (χ0) is 23.5. The van der Waals surface area contributed by atoms with Crippen molar-refractivity contribution in [3.05, 3.63) is 64.4 Å². The molecule has 0 aliphatic carbocycles. The Morgan fingerprint density at radius 1 is 1.15 bits per heavy atom. The smallest absolute Gasteiger partial charge is 0.325 e. The fourth-order valence-corrected chi connectivity index (χ4v) is 5.00. The largest absolute Gasteiger partial charge is 0.378 e. The van der Waals surface area contributed by atoms with Crippen LogP contribution in [0.2, 0.25) is 0 Å². The Kier molecular flexibility index (Phi) is 6.83. The average Bonchev–Trinajstić information content (AvgIpc) is 2.80. The van der Waals surface area contributed by atoms with Crippen LogP contribution >= 0.6 is 11.8 Å². The number of carbonyl (C=O) groups is 1. The number of hydrogen-bond donors (Lipinski definition) is 1. The number of nitrogens with one attached hydrogen (secondary N) is 1. The van der Waals surface area contributed by atoms with E-state index in [1.54, 1.807) is 28.3 Å². The van der Waals surface area contributed by atoms with E-state index >= 15 is 0 Å². The molecule has 1 aliphatic rings. The second-order valence-corrected chi connectivity index (χ2v) is 9.46. The summed E-state index contributed by atoms with van der Waals surface area (Å²) in [5.74, 6) is 0.771. The monoisotopic (exact) mass is 464 g/mol. The van der Waals surface area contributed by atoms with Gasteiger partial charge in [-0.1, -0.05) is 43.7 Å². The predicted octanol–water partition coefficient (Wildman–Crippen LogP) is 3.99. The van der Waals surface area contributed by atoms with Crippen molar-refractivity contribution in [3.63, 3.8) is 0 Å². The van der Waals surface area contributed by atoms with E-state index < -0.39 is 6.17 Å². The number of benzene rings is 2. The zero-order valence-corrected chi connectivity index (χ0v) is 20.4. The average molecular weight is 465 g/mol. The van der Waals surface area contributed by atoms with Crippen LogP contribution in [0.1, 0.15) is 44.8 Å². The molecule has 7 nitrogen and oxygen atoms in total. The lowest BCUT2D eigenvalue weighted by Crippen LogP contribution is -2.60. The Bertz CT molecular complexity index is 1210. The van der Waals surface area contributed by atoms with Crippen LogP contribution in [0.25, 0.3) is 11.3 Å². The van der Waals surface area contributed by atoms with Gasteiger partial charge in [-0.3, -0.25) is 14.6 Å². The normalized spacial score (nSPS) is 14.5. The highest BCUT2D eigenvalue weighted by Gasteiger charge is 2.44. The Morgan fingerprint density at radius 3 is 2.55 bits per heavy atom. The van der Waals surface area contributed by atoms with Crippen LogP contribution < -0.4 is 20.0 Å². The summed E-state index contributed by atoms with van der Waals surface area (Å²) < 4.78 is 1.72. The number of H-pyrrole nitrogens is 1. The molecule has 0 saturated heterocycles. The first-order valence-corrected chi connectivity index (χ1v) is 12.3. The number of amides is 1. The molecule has 2 heterocycles. The maximum atomic E-state index is 13.3. The highest BCUT2D eigenvalue weighted by atomic mass is 32.2. The van der Waals surface area contributed by atoms with E-state index in [1.807, 2.05) is 67.5 Å². The first kappa shape index (κ1) is 23.0. The van der Waals surface area contributed by atoms with Crippen LogP contribution in [0.3, 0.4) is 0 Å². The molecule has 172 valence electrons. The summed E-state index contributed by atoms with van der Waals surface area (Å²) in [6, 6.07) is 15.5. The third-order valence-corrected chi connectivity index (χ3v) is 6.74. The van der Waals surface area contributed by atoms with Crippen molar-refractivity contribution in [2.75, 3.05) is 29.6 Å². The summed E-state index contributed by atoms with van der Waals surface area (Å²) in [6.07, 6.45) is 2.78. The summed E-state index contributed by atoms with van der Waals surface area (Å²) in [5, 5.41) is 5.41. The minimum Gasteiger partial charge on any atom is -0.378 e. The Balaban J connectivity index is 1.89. The van der Waals surface area contributed by atoms with Crippen LogP contribution in [0.15, 0.2) is 58.5 Å². The van der Waals surface area contributed by atoms with Gasteiger partial charge < -0.3 is 4.90 Å². The number of aromatic amines is 1. The van der Waals surface area contributed by atoms with E-state index in [9.17, 15) is 9.59 Å². The number of hydrogen-bond acceptors (Lipinski definition) is 5. The maximum Gasteiger partial charge on any atom is 0.325 e. The van der Waals surface area contributed by atoms with Gasteiger partial charge in [0, 0.05) is 43.1 Å². The topological polar surface area (TPSA) is 73.2 Å². The molecular weight excluding hydrogens is 434 g/mol.